The summed E-state index contributed by atoms with van der Waals surface area (Å²) in [6, 6.07) is 50.1. The molecule has 0 saturated heterocycles. The molecule has 1 unspecified atom stereocenters. The van der Waals surface area contributed by atoms with Gasteiger partial charge in [0.15, 0.2) is 11.6 Å². The Balaban J connectivity index is 0.814. The number of fused-ring (bicyclic) bond motifs is 6. The fraction of sp³-hybridized carbons (Fsp3) is 0.169. The largest absolute Gasteiger partial charge is 0.508 e. The first kappa shape index (κ1) is 47.0. The lowest BCUT2D eigenvalue weighted by atomic mass is 9.67. The number of aryl methyl sites for hydroxylation is 1. The molecule has 0 aromatic heterocycles. The van der Waals surface area contributed by atoms with E-state index in [4.69, 9.17) is 0 Å². The maximum Gasteiger partial charge on any atom is 0.266 e. The first-order valence-corrected chi connectivity index (χ1v) is 25.0. The van der Waals surface area contributed by atoms with Crippen LogP contribution in [0.1, 0.15) is 145 Å². The summed E-state index contributed by atoms with van der Waals surface area (Å²) in [7, 11) is 1.43. The van der Waals surface area contributed by atoms with Gasteiger partial charge in [0, 0.05) is 36.4 Å². The van der Waals surface area contributed by atoms with Crippen LogP contribution in [0.15, 0.2) is 164 Å². The van der Waals surface area contributed by atoms with Crippen LogP contribution < -0.4 is 4.90 Å². The number of amides is 4. The van der Waals surface area contributed by atoms with Crippen LogP contribution in [0.3, 0.4) is 0 Å². The van der Waals surface area contributed by atoms with Crippen molar-refractivity contribution in [2.75, 3.05) is 11.9 Å². The highest BCUT2D eigenvalue weighted by Crippen LogP contribution is 2.58. The van der Waals surface area contributed by atoms with Gasteiger partial charge in [0.05, 0.1) is 33.4 Å². The number of hydrogen-bond donors (Lipinski definition) is 2. The number of phenolic OH excluding ortho intramolecular Hbond substituents is 2. The van der Waals surface area contributed by atoms with Crippen LogP contribution in [-0.2, 0) is 29.1 Å². The van der Waals surface area contributed by atoms with Crippen LogP contribution >= 0.6 is 0 Å². The van der Waals surface area contributed by atoms with Gasteiger partial charge in [-0.3, -0.25) is 33.7 Å². The summed E-state index contributed by atoms with van der Waals surface area (Å²) in [6.45, 7) is 8.47. The predicted molar refractivity (Wildman–Crippen MR) is 285 cm³/mol. The minimum absolute atomic E-state index is 0.0112. The van der Waals surface area contributed by atoms with Crippen LogP contribution in [-0.4, -0.2) is 57.4 Å². The molecule has 8 aromatic carbocycles. The van der Waals surface area contributed by atoms with Gasteiger partial charge in [0.25, 0.3) is 23.6 Å². The van der Waals surface area contributed by atoms with Crippen molar-refractivity contribution in [2.45, 2.75) is 63.2 Å². The second-order valence-corrected chi connectivity index (χ2v) is 21.4. The lowest BCUT2D eigenvalue weighted by Crippen LogP contribution is -2.32. The van der Waals surface area contributed by atoms with E-state index < -0.39 is 28.6 Å². The lowest BCUT2D eigenvalue weighted by Gasteiger charge is -2.35. The smallest absolute Gasteiger partial charge is 0.266 e. The third-order valence-electron chi connectivity index (χ3n) is 16.4. The number of Topliss-reactive ketones (excluding diaryl/α,β-unsaturated/α-hetero) is 2. The molecule has 0 bridgehead atoms. The zero-order valence-electron chi connectivity index (χ0n) is 41.9. The van der Waals surface area contributed by atoms with Gasteiger partial charge in [0.2, 0.25) is 0 Å². The molecule has 0 saturated carbocycles. The molecule has 0 fully saturated rings. The quantitative estimate of drug-likeness (QED) is 0.102. The number of aromatic hydroxyl groups is 2. The van der Waals surface area contributed by atoms with E-state index in [2.05, 4.69) is 69.3 Å². The molecule has 4 aliphatic rings. The molecular weight excluding hydrogens is 937 g/mol. The van der Waals surface area contributed by atoms with Gasteiger partial charge < -0.3 is 10.2 Å². The summed E-state index contributed by atoms with van der Waals surface area (Å²) in [5, 5.41) is 22.2. The third-order valence-corrected chi connectivity index (χ3v) is 16.4. The van der Waals surface area contributed by atoms with Crippen molar-refractivity contribution in [1.29, 1.82) is 0 Å². The van der Waals surface area contributed by atoms with Gasteiger partial charge in [-0.05, 0) is 128 Å². The number of carbonyl (C=O) groups excluding carboxylic acids is 6. The molecule has 2 N–H and O–H groups in total. The predicted octanol–water partition coefficient (Wildman–Crippen LogP) is 11.6. The van der Waals surface area contributed by atoms with Crippen molar-refractivity contribution < 1.29 is 39.0 Å². The molecule has 75 heavy (non-hydrogen) atoms. The van der Waals surface area contributed by atoms with E-state index >= 15 is 0 Å². The fourth-order valence-electron chi connectivity index (χ4n) is 12.7. The number of imide groups is 2. The molecule has 8 aromatic rings. The van der Waals surface area contributed by atoms with E-state index in [9.17, 15) is 39.0 Å². The molecule has 0 radical (unpaired) electrons. The standard InChI is InChI=1S/C65H50N2O8/c1-36-28-42(21-26-55(36)68)65(50-12-8-6-10-44(50)45-11-7-9-13-51(45)65)43-22-27-56(69)54(34-43)67-61(74)47-24-18-40(33-49(47)62(67)75)58(71)31-38-16-25-52-53(29-38)64(4,35-63(52,2)3)41-19-14-37(15-20-41)30-57(70)39-17-23-46-48(32-39)60(73)66(5)59(46)72/h6-29,32-34,68-69H,30-31,35H2,1-5H3. The van der Waals surface area contributed by atoms with Gasteiger partial charge in [-0.2, -0.15) is 0 Å². The SMILES string of the molecule is Cc1cc(C2(c3ccc(O)c(N4C(=O)c5ccc(C(=O)Cc6ccc7c(c6)C(C)(c6ccc(CC(=O)c8ccc9c(c8)C(=O)N(C)C9=O)cc6)CC7(C)C)cc5C4=O)c3)c3ccccc3-c3ccccc32)ccc1O. The Morgan fingerprint density at radius 3 is 1.61 bits per heavy atom. The minimum Gasteiger partial charge on any atom is -0.508 e. The minimum atomic E-state index is -0.957. The van der Waals surface area contributed by atoms with Crippen molar-refractivity contribution in [2.24, 2.45) is 0 Å². The monoisotopic (exact) mass is 986 g/mol. The van der Waals surface area contributed by atoms with E-state index in [-0.39, 0.29) is 75.2 Å². The number of phenols is 2. The summed E-state index contributed by atoms with van der Waals surface area (Å²) in [5.74, 6) is -2.59. The number of benzene rings is 8. The van der Waals surface area contributed by atoms with Gasteiger partial charge in [-0.1, -0.05) is 142 Å². The molecule has 10 heteroatoms. The Kier molecular flexibility index (Phi) is 10.5. The Morgan fingerprint density at radius 2 is 0.987 bits per heavy atom. The van der Waals surface area contributed by atoms with Crippen LogP contribution in [0, 0.1) is 6.92 Å². The molecule has 368 valence electrons. The lowest BCUT2D eigenvalue weighted by molar-refractivity contribution is 0.0691. The van der Waals surface area contributed by atoms with E-state index in [1.165, 1.54) is 36.9 Å². The molecule has 2 heterocycles. The Bertz CT molecular complexity index is 3840. The normalized spacial score (nSPS) is 17.5. The Labute approximate surface area is 433 Å². The summed E-state index contributed by atoms with van der Waals surface area (Å²) in [5.41, 5.74) is 10.9. The van der Waals surface area contributed by atoms with Crippen molar-refractivity contribution in [3.05, 3.63) is 253 Å². The summed E-state index contributed by atoms with van der Waals surface area (Å²) >= 11 is 0. The fourth-order valence-corrected chi connectivity index (χ4v) is 12.7. The first-order valence-electron chi connectivity index (χ1n) is 25.0. The zero-order valence-corrected chi connectivity index (χ0v) is 41.9. The zero-order chi connectivity index (χ0) is 52.5. The molecule has 2 aliphatic heterocycles. The van der Waals surface area contributed by atoms with E-state index in [0.29, 0.717) is 22.3 Å². The second kappa shape index (κ2) is 16.8. The van der Waals surface area contributed by atoms with Crippen LogP contribution in [0.4, 0.5) is 5.69 Å². The van der Waals surface area contributed by atoms with Gasteiger partial charge in [-0.25, -0.2) is 4.90 Å². The number of nitrogens with zero attached hydrogens (tertiary/aromatic N) is 2. The summed E-state index contributed by atoms with van der Waals surface area (Å²) in [6.07, 6.45) is 0.958. The Hall–Kier alpha value is -9.02. The average Bonchev–Trinajstić information content (AvgIpc) is 4.01. The third kappa shape index (κ3) is 6.99. The number of carbonyl (C=O) groups is 6. The van der Waals surface area contributed by atoms with Crippen LogP contribution in [0.25, 0.3) is 11.1 Å². The molecule has 10 nitrogen and oxygen atoms in total. The van der Waals surface area contributed by atoms with Crippen molar-refractivity contribution in [3.63, 3.8) is 0 Å². The topological polar surface area (TPSA) is 149 Å². The van der Waals surface area contributed by atoms with E-state index in [1.807, 2.05) is 67.6 Å². The highest BCUT2D eigenvalue weighted by molar-refractivity contribution is 6.35. The summed E-state index contributed by atoms with van der Waals surface area (Å²) in [4.78, 5) is 83.7. The number of rotatable bonds is 10. The number of hydrogen-bond acceptors (Lipinski definition) is 8. The van der Waals surface area contributed by atoms with Crippen molar-refractivity contribution in [3.8, 4) is 22.6 Å². The van der Waals surface area contributed by atoms with Crippen molar-refractivity contribution >= 4 is 40.9 Å². The maximum absolute atomic E-state index is 14.6. The maximum atomic E-state index is 14.6. The van der Waals surface area contributed by atoms with Gasteiger partial charge in [-0.15, -0.1) is 0 Å². The molecular formula is C65H50N2O8. The molecule has 2 aliphatic carbocycles. The molecule has 0 spiro atoms. The summed E-state index contributed by atoms with van der Waals surface area (Å²) < 4.78 is 0. The Morgan fingerprint density at radius 1 is 0.480 bits per heavy atom. The first-order chi connectivity index (χ1) is 35.9. The van der Waals surface area contributed by atoms with Crippen LogP contribution in [0.2, 0.25) is 0 Å². The van der Waals surface area contributed by atoms with Gasteiger partial charge in [0.1, 0.15) is 11.5 Å². The number of anilines is 1. The number of ketones is 2. The molecule has 4 amide bonds. The van der Waals surface area contributed by atoms with E-state index in [1.54, 1.807) is 30.3 Å². The van der Waals surface area contributed by atoms with Gasteiger partial charge >= 0.3 is 0 Å². The van der Waals surface area contributed by atoms with Crippen molar-refractivity contribution in [1.82, 2.24) is 4.90 Å². The highest BCUT2D eigenvalue weighted by atomic mass is 16.3. The molecule has 12 rings (SSSR count). The highest BCUT2D eigenvalue weighted by Gasteiger charge is 2.49. The van der Waals surface area contributed by atoms with Crippen LogP contribution in [0.5, 0.6) is 11.5 Å². The second-order valence-electron chi connectivity index (χ2n) is 21.4. The average molecular weight is 987 g/mol. The van der Waals surface area contributed by atoms with E-state index in [0.717, 1.165) is 66.3 Å². The molecule has 1 atom stereocenters.